The lowest BCUT2D eigenvalue weighted by Gasteiger charge is -1.98. The Morgan fingerprint density at radius 2 is 2.08 bits per heavy atom. The van der Waals surface area contributed by atoms with Gasteiger partial charge in [-0.25, -0.2) is 9.98 Å². The Bertz CT molecular complexity index is 1090. The maximum Gasteiger partial charge on any atom is 0.210 e. The Labute approximate surface area is 152 Å². The number of aromatic hydroxyl groups is 1. The summed E-state index contributed by atoms with van der Waals surface area (Å²) in [6.45, 7) is 0. The highest BCUT2D eigenvalue weighted by atomic mass is 35.5. The third-order valence-electron chi connectivity index (χ3n) is 3.83. The average molecular weight is 369 g/mol. The summed E-state index contributed by atoms with van der Waals surface area (Å²) >= 11 is 7.44. The molecular weight excluding hydrogens is 356 g/mol. The van der Waals surface area contributed by atoms with E-state index in [2.05, 4.69) is 15.0 Å². The number of nitrogens with zero attached hydrogens (tertiary/aromatic N) is 4. The van der Waals surface area contributed by atoms with E-state index < -0.39 is 0 Å². The molecule has 0 aliphatic carbocycles. The summed E-state index contributed by atoms with van der Waals surface area (Å²) in [4.78, 5) is 14.2. The molecule has 0 bridgehead atoms. The van der Waals surface area contributed by atoms with E-state index in [1.54, 1.807) is 36.2 Å². The number of fused-ring (bicyclic) bond motifs is 1. The molecule has 1 N–H and O–H groups in total. The molecule has 1 aromatic carbocycles. The summed E-state index contributed by atoms with van der Waals surface area (Å²) in [7, 11) is 1.76. The minimum absolute atomic E-state index is 0.147. The van der Waals surface area contributed by atoms with Gasteiger partial charge in [0.05, 0.1) is 10.6 Å². The first-order chi connectivity index (χ1) is 12.1. The fourth-order valence-electron chi connectivity index (χ4n) is 2.52. The van der Waals surface area contributed by atoms with Crippen molar-refractivity contribution in [3.63, 3.8) is 0 Å². The second-order valence-corrected chi connectivity index (χ2v) is 6.80. The third kappa shape index (κ3) is 2.90. The second-order valence-electron chi connectivity index (χ2n) is 5.43. The zero-order valence-electron chi connectivity index (χ0n) is 13.2. The molecule has 0 amide bonds. The van der Waals surface area contributed by atoms with Crippen molar-refractivity contribution in [2.75, 3.05) is 0 Å². The summed E-state index contributed by atoms with van der Waals surface area (Å²) in [6.07, 6.45) is 5.33. The number of pyridine rings is 1. The summed E-state index contributed by atoms with van der Waals surface area (Å²) in [6, 6.07) is 11.5. The molecule has 25 heavy (non-hydrogen) atoms. The minimum Gasteiger partial charge on any atom is -0.493 e. The highest BCUT2D eigenvalue weighted by Gasteiger charge is 2.14. The van der Waals surface area contributed by atoms with Gasteiger partial charge in [0.1, 0.15) is 5.69 Å². The summed E-state index contributed by atoms with van der Waals surface area (Å²) in [5.74, 6) is 0.147. The zero-order chi connectivity index (χ0) is 17.4. The molecule has 0 fully saturated rings. The van der Waals surface area contributed by atoms with Crippen LogP contribution in [-0.2, 0) is 7.05 Å². The van der Waals surface area contributed by atoms with Crippen molar-refractivity contribution in [1.29, 1.82) is 0 Å². The van der Waals surface area contributed by atoms with Crippen molar-refractivity contribution in [1.82, 2.24) is 9.55 Å². The number of hydrogen-bond acceptors (Lipinski definition) is 5. The molecule has 7 heteroatoms. The molecule has 2 aromatic heterocycles. The van der Waals surface area contributed by atoms with Crippen molar-refractivity contribution >= 4 is 52.2 Å². The van der Waals surface area contributed by atoms with Crippen LogP contribution in [0.25, 0.3) is 11.6 Å². The van der Waals surface area contributed by atoms with Gasteiger partial charge >= 0.3 is 0 Å². The highest BCUT2D eigenvalue weighted by molar-refractivity contribution is 7.10. The topological polar surface area (TPSA) is 62.8 Å². The maximum absolute atomic E-state index is 10.4. The summed E-state index contributed by atoms with van der Waals surface area (Å²) in [5.41, 5.74) is 3.50. The van der Waals surface area contributed by atoms with Crippen LogP contribution < -0.4 is 4.80 Å². The average Bonchev–Trinajstić information content (AvgIpc) is 3.14. The molecule has 0 saturated carbocycles. The highest BCUT2D eigenvalue weighted by Crippen LogP contribution is 2.34. The van der Waals surface area contributed by atoms with E-state index in [1.165, 1.54) is 11.3 Å². The van der Waals surface area contributed by atoms with Crippen LogP contribution in [0, 0.1) is 0 Å². The lowest BCUT2D eigenvalue weighted by atomic mass is 10.1. The van der Waals surface area contributed by atoms with E-state index >= 15 is 0 Å². The number of aromatic nitrogens is 2. The van der Waals surface area contributed by atoms with Crippen LogP contribution in [0.15, 0.2) is 52.6 Å². The maximum atomic E-state index is 10.4. The Morgan fingerprint density at radius 3 is 2.92 bits per heavy atom. The first-order valence-corrected chi connectivity index (χ1v) is 8.72. The number of benzene rings is 1. The van der Waals surface area contributed by atoms with Crippen LogP contribution in [-0.4, -0.2) is 20.9 Å². The normalized spacial score (nSPS) is 15.1. The van der Waals surface area contributed by atoms with Gasteiger partial charge in [-0.3, -0.25) is 9.56 Å². The molecule has 3 aromatic rings. The Kier molecular flexibility index (Phi) is 3.99. The number of para-hydroxylation sites is 1. The van der Waals surface area contributed by atoms with Crippen molar-refractivity contribution in [2.24, 2.45) is 17.0 Å². The van der Waals surface area contributed by atoms with Gasteiger partial charge in [-0.15, -0.1) is 0 Å². The predicted octanol–water partition coefficient (Wildman–Crippen LogP) is 4.33. The van der Waals surface area contributed by atoms with Crippen LogP contribution >= 0.6 is 22.9 Å². The number of hydrogen-bond donors (Lipinski definition) is 1. The Balaban J connectivity index is 1.80. The van der Waals surface area contributed by atoms with Gasteiger partial charge in [-0.05, 0) is 24.3 Å². The monoisotopic (exact) mass is 368 g/mol. The summed E-state index contributed by atoms with van der Waals surface area (Å²) < 4.78 is 1.62. The van der Waals surface area contributed by atoms with Crippen molar-refractivity contribution in [3.8, 4) is 5.88 Å². The van der Waals surface area contributed by atoms with Gasteiger partial charge < -0.3 is 5.11 Å². The number of allylic oxidation sites excluding steroid dienone is 1. The molecule has 3 heterocycles. The first kappa shape index (κ1) is 15.8. The number of thiazole rings is 1. The fraction of sp³-hybridized carbons (Fsp3) is 0.0556. The van der Waals surface area contributed by atoms with Crippen LogP contribution in [0.2, 0.25) is 5.15 Å². The van der Waals surface area contributed by atoms with Gasteiger partial charge in [0.25, 0.3) is 0 Å². The van der Waals surface area contributed by atoms with Crippen LogP contribution in [0.4, 0.5) is 11.4 Å². The lowest BCUT2D eigenvalue weighted by molar-refractivity contribution is 0.427. The lowest BCUT2D eigenvalue weighted by Crippen LogP contribution is -2.08. The zero-order valence-corrected chi connectivity index (χ0v) is 14.8. The minimum atomic E-state index is 0.147. The molecule has 0 atom stereocenters. The predicted molar refractivity (Wildman–Crippen MR) is 102 cm³/mol. The second kappa shape index (κ2) is 6.31. The molecule has 0 saturated heterocycles. The van der Waals surface area contributed by atoms with E-state index in [0.717, 1.165) is 16.8 Å². The summed E-state index contributed by atoms with van der Waals surface area (Å²) in [5, 5.41) is 10.8. The SMILES string of the molecule is Cn1c(O)c(/C=C2\C=Nc3ccccc32)sc1=Nc1cccnc1Cl. The van der Waals surface area contributed by atoms with Crippen molar-refractivity contribution in [3.05, 3.63) is 63.0 Å². The van der Waals surface area contributed by atoms with Crippen LogP contribution in [0.1, 0.15) is 10.4 Å². The quantitative estimate of drug-likeness (QED) is 0.684. The largest absolute Gasteiger partial charge is 0.493 e. The molecule has 0 unspecified atom stereocenters. The van der Waals surface area contributed by atoms with Gasteiger partial charge in [-0.2, -0.15) is 0 Å². The van der Waals surface area contributed by atoms with Crippen molar-refractivity contribution in [2.45, 2.75) is 0 Å². The third-order valence-corrected chi connectivity index (χ3v) is 5.19. The van der Waals surface area contributed by atoms with E-state index in [4.69, 9.17) is 11.6 Å². The van der Waals surface area contributed by atoms with E-state index in [-0.39, 0.29) is 5.88 Å². The molecule has 1 aliphatic heterocycles. The number of aliphatic imine (C=N–C) groups is 1. The molecular formula is C18H13ClN4OS. The molecule has 4 rings (SSSR count). The Hall–Kier alpha value is -2.70. The Morgan fingerprint density at radius 1 is 1.24 bits per heavy atom. The van der Waals surface area contributed by atoms with E-state index in [0.29, 0.717) is 20.5 Å². The van der Waals surface area contributed by atoms with Gasteiger partial charge in [-0.1, -0.05) is 41.1 Å². The van der Waals surface area contributed by atoms with E-state index in [1.807, 2.05) is 30.3 Å². The van der Waals surface area contributed by atoms with Crippen LogP contribution in [0.5, 0.6) is 5.88 Å². The first-order valence-electron chi connectivity index (χ1n) is 7.52. The smallest absolute Gasteiger partial charge is 0.210 e. The van der Waals surface area contributed by atoms with Gasteiger partial charge in [0.15, 0.2) is 9.95 Å². The molecule has 5 nitrogen and oxygen atoms in total. The molecule has 0 spiro atoms. The fourth-order valence-corrected chi connectivity index (χ4v) is 3.66. The van der Waals surface area contributed by atoms with Gasteiger partial charge in [0.2, 0.25) is 5.88 Å². The van der Waals surface area contributed by atoms with Crippen molar-refractivity contribution < 1.29 is 5.11 Å². The number of halogens is 1. The molecule has 0 radical (unpaired) electrons. The standard InChI is InChI=1S/C18H13ClN4OS/c1-23-17(24)15(9-11-10-21-13-6-3-2-5-12(11)13)25-18(23)22-14-7-4-8-20-16(14)19/h2-10,24H,1H3/b11-9+,22-18?. The molecule has 1 aliphatic rings. The molecule has 124 valence electrons. The van der Waals surface area contributed by atoms with E-state index in [9.17, 15) is 5.11 Å². The van der Waals surface area contributed by atoms with Gasteiger partial charge in [0, 0.05) is 30.6 Å². The van der Waals surface area contributed by atoms with Crippen LogP contribution in [0.3, 0.4) is 0 Å². The number of rotatable bonds is 2.